The second-order valence-corrected chi connectivity index (χ2v) is 5.63. The fourth-order valence-corrected chi connectivity index (χ4v) is 2.02. The first-order valence-electron chi connectivity index (χ1n) is 6.53. The number of nitrogens with one attached hydrogen (secondary N) is 1. The normalized spacial score (nSPS) is 10.7. The molecule has 0 atom stereocenters. The number of benzene rings is 2. The lowest BCUT2D eigenvalue weighted by Crippen LogP contribution is -2.17. The van der Waals surface area contributed by atoms with Crippen LogP contribution in [-0.4, -0.2) is 26.2 Å². The molecule has 114 valence electrons. The van der Waals surface area contributed by atoms with Crippen LogP contribution in [0.25, 0.3) is 0 Å². The molecule has 1 N–H and O–H groups in total. The third kappa shape index (κ3) is 4.23. The summed E-state index contributed by atoms with van der Waals surface area (Å²) >= 11 is 11.7. The Morgan fingerprint density at radius 3 is 2.36 bits per heavy atom. The largest absolute Gasteiger partial charge is 0.378 e. The zero-order valence-electron chi connectivity index (χ0n) is 12.2. The Morgan fingerprint density at radius 2 is 1.77 bits per heavy atom. The Hall–Kier alpha value is -2.04. The molecular weight excluding hydrogens is 321 g/mol. The van der Waals surface area contributed by atoms with Crippen molar-refractivity contribution < 1.29 is 4.79 Å². The summed E-state index contributed by atoms with van der Waals surface area (Å²) in [6.45, 7) is 0. The van der Waals surface area contributed by atoms with Gasteiger partial charge in [0.05, 0.1) is 16.3 Å². The first-order valence-corrected chi connectivity index (χ1v) is 7.29. The van der Waals surface area contributed by atoms with Crippen molar-refractivity contribution in [1.29, 1.82) is 0 Å². The number of anilines is 1. The molecule has 1 amide bonds. The number of nitrogens with zero attached hydrogens (tertiary/aromatic N) is 2. The van der Waals surface area contributed by atoms with Crippen molar-refractivity contribution in [3.05, 3.63) is 63.6 Å². The zero-order valence-corrected chi connectivity index (χ0v) is 13.7. The summed E-state index contributed by atoms with van der Waals surface area (Å²) in [5.74, 6) is -0.347. The van der Waals surface area contributed by atoms with Gasteiger partial charge in [0, 0.05) is 25.3 Å². The van der Waals surface area contributed by atoms with Crippen molar-refractivity contribution in [3.8, 4) is 0 Å². The lowest BCUT2D eigenvalue weighted by atomic mass is 10.2. The van der Waals surface area contributed by atoms with Crippen molar-refractivity contribution in [2.45, 2.75) is 0 Å². The molecule has 0 unspecified atom stereocenters. The van der Waals surface area contributed by atoms with Gasteiger partial charge >= 0.3 is 0 Å². The molecule has 0 radical (unpaired) electrons. The third-order valence-corrected chi connectivity index (χ3v) is 3.71. The maximum Gasteiger partial charge on any atom is 0.271 e. The minimum absolute atomic E-state index is 0.331. The summed E-state index contributed by atoms with van der Waals surface area (Å²) in [6, 6.07) is 12.5. The molecule has 22 heavy (non-hydrogen) atoms. The molecule has 0 heterocycles. The van der Waals surface area contributed by atoms with Crippen LogP contribution < -0.4 is 10.3 Å². The van der Waals surface area contributed by atoms with E-state index in [9.17, 15) is 4.79 Å². The summed E-state index contributed by atoms with van der Waals surface area (Å²) in [5.41, 5.74) is 4.83. The van der Waals surface area contributed by atoms with E-state index in [1.165, 1.54) is 6.07 Å². The molecule has 6 heteroatoms. The van der Waals surface area contributed by atoms with Crippen molar-refractivity contribution in [2.24, 2.45) is 5.10 Å². The molecular formula is C16H15Cl2N3O. The van der Waals surface area contributed by atoms with E-state index in [2.05, 4.69) is 10.5 Å². The van der Waals surface area contributed by atoms with E-state index in [1.807, 2.05) is 43.3 Å². The summed E-state index contributed by atoms with van der Waals surface area (Å²) in [6.07, 6.45) is 1.58. The summed E-state index contributed by atoms with van der Waals surface area (Å²) in [4.78, 5) is 13.9. The Kier molecular flexibility index (Phi) is 5.41. The minimum Gasteiger partial charge on any atom is -0.378 e. The Balaban J connectivity index is 1.99. The van der Waals surface area contributed by atoms with Crippen molar-refractivity contribution >= 4 is 41.0 Å². The van der Waals surface area contributed by atoms with Crippen LogP contribution in [-0.2, 0) is 0 Å². The predicted octanol–water partition coefficient (Wildman–Crippen LogP) is 3.82. The Bertz CT molecular complexity index is 697. The van der Waals surface area contributed by atoms with Crippen molar-refractivity contribution in [1.82, 2.24) is 5.43 Å². The lowest BCUT2D eigenvalue weighted by Gasteiger charge is -2.11. The van der Waals surface area contributed by atoms with E-state index in [4.69, 9.17) is 23.2 Å². The van der Waals surface area contributed by atoms with Crippen LogP contribution >= 0.6 is 23.2 Å². The van der Waals surface area contributed by atoms with E-state index in [0.717, 1.165) is 11.3 Å². The first-order chi connectivity index (χ1) is 10.5. The van der Waals surface area contributed by atoms with Crippen LogP contribution in [0.3, 0.4) is 0 Å². The fraction of sp³-hybridized carbons (Fsp3) is 0.125. The van der Waals surface area contributed by atoms with Gasteiger partial charge in [-0.2, -0.15) is 5.10 Å². The van der Waals surface area contributed by atoms with Gasteiger partial charge in [-0.1, -0.05) is 35.3 Å². The Labute approximate surface area is 139 Å². The van der Waals surface area contributed by atoms with Gasteiger partial charge in [-0.05, 0) is 35.9 Å². The minimum atomic E-state index is -0.347. The highest BCUT2D eigenvalue weighted by atomic mass is 35.5. The highest BCUT2D eigenvalue weighted by Gasteiger charge is 2.06. The summed E-state index contributed by atoms with van der Waals surface area (Å²) in [7, 11) is 3.95. The van der Waals surface area contributed by atoms with E-state index in [1.54, 1.807) is 18.3 Å². The summed E-state index contributed by atoms with van der Waals surface area (Å²) in [5, 5.41) is 4.67. The predicted molar refractivity (Wildman–Crippen MR) is 92.3 cm³/mol. The van der Waals surface area contributed by atoms with Gasteiger partial charge in [0.2, 0.25) is 0 Å². The number of hydrogen-bond acceptors (Lipinski definition) is 3. The van der Waals surface area contributed by atoms with Crippen LogP contribution in [0.15, 0.2) is 47.6 Å². The second-order valence-electron chi connectivity index (χ2n) is 4.81. The highest BCUT2D eigenvalue weighted by Crippen LogP contribution is 2.22. The average molecular weight is 336 g/mol. The van der Waals surface area contributed by atoms with Gasteiger partial charge in [0.1, 0.15) is 0 Å². The second kappa shape index (κ2) is 7.29. The van der Waals surface area contributed by atoms with Crippen LogP contribution in [0.5, 0.6) is 0 Å². The van der Waals surface area contributed by atoms with Gasteiger partial charge in [-0.25, -0.2) is 5.43 Å². The van der Waals surface area contributed by atoms with Gasteiger partial charge in [-0.15, -0.1) is 0 Å². The van der Waals surface area contributed by atoms with Crippen LogP contribution in [0.4, 0.5) is 5.69 Å². The van der Waals surface area contributed by atoms with Crippen molar-refractivity contribution in [2.75, 3.05) is 19.0 Å². The molecule has 0 saturated heterocycles. The average Bonchev–Trinajstić information content (AvgIpc) is 2.50. The number of halogens is 2. The van der Waals surface area contributed by atoms with Crippen LogP contribution in [0.2, 0.25) is 10.0 Å². The monoisotopic (exact) mass is 335 g/mol. The molecule has 0 bridgehead atoms. The fourth-order valence-electron chi connectivity index (χ4n) is 1.73. The zero-order chi connectivity index (χ0) is 16.1. The third-order valence-electron chi connectivity index (χ3n) is 2.97. The topological polar surface area (TPSA) is 44.7 Å². The molecule has 0 aliphatic carbocycles. The smallest absolute Gasteiger partial charge is 0.271 e. The lowest BCUT2D eigenvalue weighted by molar-refractivity contribution is 0.0955. The number of hydrazone groups is 1. The molecule has 2 aromatic carbocycles. The van der Waals surface area contributed by atoms with Gasteiger partial charge < -0.3 is 4.90 Å². The van der Waals surface area contributed by atoms with E-state index in [0.29, 0.717) is 15.6 Å². The van der Waals surface area contributed by atoms with Gasteiger partial charge in [-0.3, -0.25) is 4.79 Å². The van der Waals surface area contributed by atoms with Crippen LogP contribution in [0.1, 0.15) is 15.9 Å². The number of carbonyl (C=O) groups excluding carboxylic acids is 1. The molecule has 0 saturated carbocycles. The maximum absolute atomic E-state index is 11.9. The maximum atomic E-state index is 11.9. The number of hydrogen-bond donors (Lipinski definition) is 1. The molecule has 2 rings (SSSR count). The molecule has 0 aromatic heterocycles. The highest BCUT2D eigenvalue weighted by molar-refractivity contribution is 6.42. The molecule has 4 nitrogen and oxygen atoms in total. The molecule has 0 aliphatic heterocycles. The van der Waals surface area contributed by atoms with E-state index in [-0.39, 0.29) is 5.91 Å². The van der Waals surface area contributed by atoms with E-state index < -0.39 is 0 Å². The summed E-state index contributed by atoms with van der Waals surface area (Å²) < 4.78 is 0. The number of carbonyl (C=O) groups is 1. The quantitative estimate of drug-likeness (QED) is 0.681. The molecule has 2 aromatic rings. The van der Waals surface area contributed by atoms with Gasteiger partial charge in [0.15, 0.2) is 0 Å². The van der Waals surface area contributed by atoms with Crippen molar-refractivity contribution in [3.63, 3.8) is 0 Å². The van der Waals surface area contributed by atoms with E-state index >= 15 is 0 Å². The molecule has 0 aliphatic rings. The first kappa shape index (κ1) is 16.3. The standard InChI is InChI=1S/C16H15Cl2N3O/c1-21(2)13-6-3-11(4-7-13)10-19-20-16(22)12-5-8-14(17)15(18)9-12/h3-10H,1-2H3,(H,20,22)/b19-10-. The number of rotatable bonds is 4. The SMILES string of the molecule is CN(C)c1ccc(/C=N\NC(=O)c2ccc(Cl)c(Cl)c2)cc1. The van der Waals surface area contributed by atoms with Gasteiger partial charge in [0.25, 0.3) is 5.91 Å². The molecule has 0 spiro atoms. The number of amides is 1. The molecule has 0 fully saturated rings. The Morgan fingerprint density at radius 1 is 1.09 bits per heavy atom. The van der Waals surface area contributed by atoms with Crippen LogP contribution in [0, 0.1) is 0 Å².